The normalized spacial score (nSPS) is 10.4. The summed E-state index contributed by atoms with van der Waals surface area (Å²) in [6.07, 6.45) is -0.183. The number of thiophene rings is 1. The van der Waals surface area contributed by atoms with E-state index in [0.717, 1.165) is 11.3 Å². The minimum atomic E-state index is -0.526. The van der Waals surface area contributed by atoms with Crippen LogP contribution in [0.5, 0.6) is 0 Å². The zero-order chi connectivity index (χ0) is 17.0. The summed E-state index contributed by atoms with van der Waals surface area (Å²) in [5.41, 5.74) is 0.859. The van der Waals surface area contributed by atoms with Gasteiger partial charge in [0.05, 0.1) is 18.0 Å². The molecule has 0 saturated heterocycles. The summed E-state index contributed by atoms with van der Waals surface area (Å²) in [5.74, 6) is -1.36. The Labute approximate surface area is 142 Å². The summed E-state index contributed by atoms with van der Waals surface area (Å²) in [5, 5.41) is 3.36. The van der Waals surface area contributed by atoms with E-state index in [0.29, 0.717) is 15.4 Å². The number of aryl methyl sites for hydroxylation is 1. The molecule has 0 spiro atoms. The van der Waals surface area contributed by atoms with Crippen LogP contribution in [0, 0.1) is 12.7 Å². The molecule has 0 fully saturated rings. The second-order valence-electron chi connectivity index (χ2n) is 4.77. The number of hydrogen-bond donors (Lipinski definition) is 1. The molecule has 0 aliphatic heterocycles. The zero-order valence-corrected chi connectivity index (χ0v) is 14.2. The number of amides is 1. The molecule has 1 aromatic carbocycles. The Balaban J connectivity index is 2.09. The fourth-order valence-corrected chi connectivity index (χ4v) is 3.20. The van der Waals surface area contributed by atoms with Crippen molar-refractivity contribution in [2.24, 2.45) is 0 Å². The highest BCUT2D eigenvalue weighted by Crippen LogP contribution is 2.28. The van der Waals surface area contributed by atoms with Crippen molar-refractivity contribution in [1.29, 1.82) is 0 Å². The number of ether oxygens (including phenoxy) is 1. The lowest BCUT2D eigenvalue weighted by atomic mass is 10.1. The average molecular weight is 356 g/mol. The molecule has 1 aromatic heterocycles. The Bertz CT molecular complexity index is 725. The van der Waals surface area contributed by atoms with Crippen LogP contribution in [0.4, 0.5) is 9.39 Å². The van der Waals surface area contributed by atoms with Crippen molar-refractivity contribution < 1.29 is 18.7 Å². The van der Waals surface area contributed by atoms with Gasteiger partial charge in [-0.1, -0.05) is 17.7 Å². The highest BCUT2D eigenvalue weighted by Gasteiger charge is 2.17. The van der Waals surface area contributed by atoms with Crippen LogP contribution in [0.3, 0.4) is 0 Å². The highest BCUT2D eigenvalue weighted by molar-refractivity contribution is 7.18. The molecule has 7 heteroatoms. The monoisotopic (exact) mass is 355 g/mol. The number of anilines is 1. The van der Waals surface area contributed by atoms with E-state index in [1.54, 1.807) is 19.9 Å². The van der Waals surface area contributed by atoms with Crippen LogP contribution in [0.15, 0.2) is 24.3 Å². The summed E-state index contributed by atoms with van der Waals surface area (Å²) in [6, 6.07) is 5.94. The number of hydrogen-bond acceptors (Lipinski definition) is 4. The number of halogens is 2. The fraction of sp³-hybridized carbons (Fsp3) is 0.250. The van der Waals surface area contributed by atoms with Crippen molar-refractivity contribution in [3.63, 3.8) is 0 Å². The molecule has 0 aliphatic rings. The van der Waals surface area contributed by atoms with Crippen LogP contribution in [0.1, 0.15) is 27.7 Å². The second-order valence-corrected chi connectivity index (χ2v) is 6.23. The van der Waals surface area contributed by atoms with Gasteiger partial charge in [0.1, 0.15) is 10.7 Å². The zero-order valence-electron chi connectivity index (χ0n) is 12.6. The van der Waals surface area contributed by atoms with Gasteiger partial charge in [-0.05, 0) is 37.6 Å². The molecule has 0 aliphatic carbocycles. The maximum atomic E-state index is 13.7. The molecule has 23 heavy (non-hydrogen) atoms. The first kappa shape index (κ1) is 17.4. The first-order chi connectivity index (χ1) is 10.9. The van der Waals surface area contributed by atoms with Gasteiger partial charge < -0.3 is 10.1 Å². The van der Waals surface area contributed by atoms with E-state index in [1.807, 2.05) is 0 Å². The molecule has 0 saturated carbocycles. The lowest BCUT2D eigenvalue weighted by Crippen LogP contribution is -2.14. The van der Waals surface area contributed by atoms with Gasteiger partial charge in [-0.25, -0.2) is 9.18 Å². The molecule has 0 radical (unpaired) electrons. The number of benzene rings is 1. The van der Waals surface area contributed by atoms with Crippen molar-refractivity contribution in [3.05, 3.63) is 51.1 Å². The molecule has 4 nitrogen and oxygen atoms in total. The summed E-state index contributed by atoms with van der Waals surface area (Å²) in [7, 11) is 0. The average Bonchev–Trinajstić information content (AvgIpc) is 2.84. The van der Waals surface area contributed by atoms with E-state index < -0.39 is 17.7 Å². The molecule has 2 aromatic rings. The topological polar surface area (TPSA) is 55.4 Å². The van der Waals surface area contributed by atoms with Crippen LogP contribution < -0.4 is 5.32 Å². The Morgan fingerprint density at radius 3 is 2.78 bits per heavy atom. The Morgan fingerprint density at radius 2 is 2.13 bits per heavy atom. The second kappa shape index (κ2) is 7.57. The first-order valence-electron chi connectivity index (χ1n) is 6.92. The van der Waals surface area contributed by atoms with Gasteiger partial charge in [-0.15, -0.1) is 11.3 Å². The fourth-order valence-electron chi connectivity index (χ4n) is 1.99. The molecule has 1 N–H and O–H groups in total. The van der Waals surface area contributed by atoms with Crippen molar-refractivity contribution >= 4 is 39.8 Å². The van der Waals surface area contributed by atoms with Crippen molar-refractivity contribution in [3.8, 4) is 0 Å². The SMILES string of the molecule is CCOC(=O)c1sc(NC(=O)Cc2c(F)cccc2Cl)cc1C. The quantitative estimate of drug-likeness (QED) is 0.817. The molecule has 0 atom stereocenters. The molecule has 0 unspecified atom stereocenters. The largest absolute Gasteiger partial charge is 0.462 e. The maximum Gasteiger partial charge on any atom is 0.348 e. The lowest BCUT2D eigenvalue weighted by Gasteiger charge is -2.06. The Kier molecular flexibility index (Phi) is 5.74. The summed E-state index contributed by atoms with van der Waals surface area (Å²) >= 11 is 7.03. The predicted octanol–water partition coefficient (Wildman–Crippen LogP) is 4.21. The highest BCUT2D eigenvalue weighted by atomic mass is 35.5. The molecule has 2 rings (SSSR count). The van der Waals surface area contributed by atoms with E-state index in [2.05, 4.69) is 5.32 Å². The summed E-state index contributed by atoms with van der Waals surface area (Å²) in [6.45, 7) is 3.76. The molecular formula is C16H15ClFNO3S. The Hall–Kier alpha value is -1.92. The van der Waals surface area contributed by atoms with Crippen molar-refractivity contribution in [2.75, 3.05) is 11.9 Å². The number of carbonyl (C=O) groups is 2. The van der Waals surface area contributed by atoms with Crippen LogP contribution in [0.2, 0.25) is 5.02 Å². The summed E-state index contributed by atoms with van der Waals surface area (Å²) < 4.78 is 18.6. The van der Waals surface area contributed by atoms with Gasteiger partial charge in [-0.3, -0.25) is 4.79 Å². The number of esters is 1. The predicted molar refractivity (Wildman–Crippen MR) is 88.8 cm³/mol. The third-order valence-corrected chi connectivity index (χ3v) is 4.53. The standard InChI is InChI=1S/C16H15ClFNO3S/c1-3-22-16(21)15-9(2)7-14(23-15)19-13(20)8-10-11(17)5-4-6-12(10)18/h4-7H,3,8H2,1-2H3,(H,19,20). The van der Waals surface area contributed by atoms with Crippen LogP contribution in [0.25, 0.3) is 0 Å². The van der Waals surface area contributed by atoms with Gasteiger partial charge in [0, 0.05) is 10.6 Å². The van der Waals surface area contributed by atoms with Crippen LogP contribution in [-0.4, -0.2) is 18.5 Å². The van der Waals surface area contributed by atoms with Crippen LogP contribution >= 0.6 is 22.9 Å². The van der Waals surface area contributed by atoms with E-state index in [-0.39, 0.29) is 23.6 Å². The van der Waals surface area contributed by atoms with Crippen LogP contribution in [-0.2, 0) is 16.0 Å². The van der Waals surface area contributed by atoms with Gasteiger partial charge in [-0.2, -0.15) is 0 Å². The smallest absolute Gasteiger partial charge is 0.348 e. The number of nitrogens with one attached hydrogen (secondary N) is 1. The number of carbonyl (C=O) groups excluding carboxylic acids is 2. The van der Waals surface area contributed by atoms with Crippen molar-refractivity contribution in [2.45, 2.75) is 20.3 Å². The summed E-state index contributed by atoms with van der Waals surface area (Å²) in [4.78, 5) is 24.2. The van der Waals surface area contributed by atoms with Gasteiger partial charge in [0.2, 0.25) is 5.91 Å². The van der Waals surface area contributed by atoms with Gasteiger partial charge in [0.15, 0.2) is 0 Å². The van der Waals surface area contributed by atoms with E-state index in [1.165, 1.54) is 18.2 Å². The third-order valence-electron chi connectivity index (χ3n) is 3.04. The van der Waals surface area contributed by atoms with E-state index in [9.17, 15) is 14.0 Å². The first-order valence-corrected chi connectivity index (χ1v) is 8.12. The molecule has 122 valence electrons. The minimum Gasteiger partial charge on any atom is -0.462 e. The van der Waals surface area contributed by atoms with E-state index in [4.69, 9.17) is 16.3 Å². The molecule has 1 amide bonds. The molecule has 1 heterocycles. The van der Waals surface area contributed by atoms with Crippen molar-refractivity contribution in [1.82, 2.24) is 0 Å². The number of rotatable bonds is 5. The van der Waals surface area contributed by atoms with Gasteiger partial charge in [0.25, 0.3) is 0 Å². The molecular weight excluding hydrogens is 341 g/mol. The minimum absolute atomic E-state index is 0.144. The lowest BCUT2D eigenvalue weighted by molar-refractivity contribution is -0.115. The molecule has 0 bridgehead atoms. The van der Waals surface area contributed by atoms with Gasteiger partial charge >= 0.3 is 5.97 Å². The third kappa shape index (κ3) is 4.30. The Morgan fingerprint density at radius 1 is 1.39 bits per heavy atom. The van der Waals surface area contributed by atoms with E-state index >= 15 is 0 Å². The maximum absolute atomic E-state index is 13.7.